The summed E-state index contributed by atoms with van der Waals surface area (Å²) in [7, 11) is 0. The molecule has 1 aromatic heterocycles. The van der Waals surface area contributed by atoms with Gasteiger partial charge in [0.25, 0.3) is 5.56 Å². The fourth-order valence-electron chi connectivity index (χ4n) is 1.60. The molecule has 1 heterocycles. The molecule has 0 bridgehead atoms. The molecular formula is C14H13NO4. The van der Waals surface area contributed by atoms with Gasteiger partial charge in [0, 0.05) is 12.3 Å². The average Bonchev–Trinajstić information content (AvgIpc) is 2.41. The maximum atomic E-state index is 11.6. The van der Waals surface area contributed by atoms with Crippen LogP contribution < -0.4 is 10.3 Å². The first kappa shape index (κ1) is 12.9. The van der Waals surface area contributed by atoms with Crippen molar-refractivity contribution in [2.24, 2.45) is 0 Å². The minimum Gasteiger partial charge on any atom is -0.492 e. The molecule has 0 fully saturated rings. The molecule has 0 aliphatic carbocycles. The number of carboxylic acids is 1. The topological polar surface area (TPSA) is 68.5 Å². The predicted octanol–water partition coefficient (Wildman–Crippen LogP) is 1.63. The van der Waals surface area contributed by atoms with E-state index in [1.807, 2.05) is 30.3 Å². The fourth-order valence-corrected chi connectivity index (χ4v) is 1.60. The van der Waals surface area contributed by atoms with E-state index in [-0.39, 0.29) is 11.1 Å². The van der Waals surface area contributed by atoms with Crippen LogP contribution in [0.15, 0.2) is 53.5 Å². The first-order valence-corrected chi connectivity index (χ1v) is 5.78. The summed E-state index contributed by atoms with van der Waals surface area (Å²) < 4.78 is 6.88. The summed E-state index contributed by atoms with van der Waals surface area (Å²) in [4.78, 5) is 22.3. The van der Waals surface area contributed by atoms with Gasteiger partial charge in [0.2, 0.25) is 0 Å². The number of hydrogen-bond donors (Lipinski definition) is 1. The Balaban J connectivity index is 1.97. The first-order valence-electron chi connectivity index (χ1n) is 5.78. The van der Waals surface area contributed by atoms with E-state index >= 15 is 0 Å². The molecule has 2 aromatic rings. The normalized spacial score (nSPS) is 10.1. The number of nitrogens with zero attached hydrogens (tertiary/aromatic N) is 1. The lowest BCUT2D eigenvalue weighted by atomic mass is 10.3. The zero-order valence-electron chi connectivity index (χ0n) is 10.2. The number of pyridine rings is 1. The van der Waals surface area contributed by atoms with E-state index in [9.17, 15) is 9.59 Å². The largest absolute Gasteiger partial charge is 0.492 e. The number of para-hydroxylation sites is 1. The molecule has 0 saturated carbocycles. The van der Waals surface area contributed by atoms with Gasteiger partial charge in [-0.1, -0.05) is 18.2 Å². The monoisotopic (exact) mass is 259 g/mol. The quantitative estimate of drug-likeness (QED) is 0.886. The molecule has 0 saturated heterocycles. The van der Waals surface area contributed by atoms with E-state index in [1.54, 1.807) is 0 Å². The zero-order chi connectivity index (χ0) is 13.7. The van der Waals surface area contributed by atoms with Crippen LogP contribution in [0.3, 0.4) is 0 Å². The van der Waals surface area contributed by atoms with Crippen LogP contribution in [0.4, 0.5) is 0 Å². The summed E-state index contributed by atoms with van der Waals surface area (Å²) in [5.41, 5.74) is -0.359. The highest BCUT2D eigenvalue weighted by Gasteiger charge is 2.04. The molecule has 0 spiro atoms. The van der Waals surface area contributed by atoms with E-state index in [0.29, 0.717) is 13.2 Å². The second-order valence-electron chi connectivity index (χ2n) is 3.91. The third kappa shape index (κ3) is 3.45. The summed E-state index contributed by atoms with van der Waals surface area (Å²) in [5, 5.41) is 8.75. The van der Waals surface area contributed by atoms with Gasteiger partial charge >= 0.3 is 5.97 Å². The molecule has 0 amide bonds. The summed E-state index contributed by atoms with van der Waals surface area (Å²) >= 11 is 0. The Kier molecular flexibility index (Phi) is 3.97. The van der Waals surface area contributed by atoms with Crippen molar-refractivity contribution in [2.45, 2.75) is 6.54 Å². The van der Waals surface area contributed by atoms with Gasteiger partial charge in [0.15, 0.2) is 0 Å². The Morgan fingerprint density at radius 2 is 1.95 bits per heavy atom. The number of rotatable bonds is 5. The summed E-state index contributed by atoms with van der Waals surface area (Å²) in [5.74, 6) is -0.373. The van der Waals surface area contributed by atoms with Crippen LogP contribution in [0.25, 0.3) is 0 Å². The SMILES string of the molecule is O=C(O)c1ccn(CCOc2ccccc2)c(=O)c1. The summed E-state index contributed by atoms with van der Waals surface area (Å²) in [6, 6.07) is 11.8. The van der Waals surface area contributed by atoms with Crippen molar-refractivity contribution < 1.29 is 14.6 Å². The maximum absolute atomic E-state index is 11.6. The zero-order valence-corrected chi connectivity index (χ0v) is 10.2. The molecule has 0 atom stereocenters. The second kappa shape index (κ2) is 5.86. The van der Waals surface area contributed by atoms with E-state index in [1.165, 1.54) is 16.8 Å². The summed E-state index contributed by atoms with van der Waals surface area (Å²) in [6.45, 7) is 0.712. The molecule has 0 unspecified atom stereocenters. The van der Waals surface area contributed by atoms with Gasteiger partial charge in [-0.15, -0.1) is 0 Å². The molecule has 2 rings (SSSR count). The highest BCUT2D eigenvalue weighted by atomic mass is 16.5. The van der Waals surface area contributed by atoms with Crippen molar-refractivity contribution >= 4 is 5.97 Å². The van der Waals surface area contributed by atoms with E-state index in [4.69, 9.17) is 9.84 Å². The molecule has 98 valence electrons. The standard InChI is InChI=1S/C14H13NO4/c16-13-10-11(14(17)18)6-7-15(13)8-9-19-12-4-2-1-3-5-12/h1-7,10H,8-9H2,(H,17,18). The molecule has 0 radical (unpaired) electrons. The van der Waals surface area contributed by atoms with E-state index in [0.717, 1.165) is 11.8 Å². The van der Waals surface area contributed by atoms with Crippen LogP contribution in [0, 0.1) is 0 Å². The molecule has 0 aliphatic rings. The molecule has 5 heteroatoms. The maximum Gasteiger partial charge on any atom is 0.335 e. The average molecular weight is 259 g/mol. The Morgan fingerprint density at radius 1 is 1.21 bits per heavy atom. The van der Waals surface area contributed by atoms with Crippen LogP contribution >= 0.6 is 0 Å². The summed E-state index contributed by atoms with van der Waals surface area (Å²) in [6.07, 6.45) is 1.46. The number of ether oxygens (including phenoxy) is 1. The molecule has 19 heavy (non-hydrogen) atoms. The minimum absolute atomic E-state index is 0.00905. The van der Waals surface area contributed by atoms with Gasteiger partial charge in [0.1, 0.15) is 12.4 Å². The molecule has 5 nitrogen and oxygen atoms in total. The lowest BCUT2D eigenvalue weighted by molar-refractivity contribution is 0.0696. The third-order valence-corrected chi connectivity index (χ3v) is 2.59. The fraction of sp³-hybridized carbons (Fsp3) is 0.143. The molecule has 1 aromatic carbocycles. The van der Waals surface area contributed by atoms with Crippen LogP contribution in [0.2, 0.25) is 0 Å². The number of benzene rings is 1. The van der Waals surface area contributed by atoms with Crippen molar-refractivity contribution in [3.05, 3.63) is 64.6 Å². The van der Waals surface area contributed by atoms with Crippen LogP contribution in [0.1, 0.15) is 10.4 Å². The van der Waals surface area contributed by atoms with Crippen LogP contribution in [-0.4, -0.2) is 22.2 Å². The highest BCUT2D eigenvalue weighted by Crippen LogP contribution is 2.07. The number of carboxylic acid groups (broad SMARTS) is 1. The number of carbonyl (C=O) groups is 1. The highest BCUT2D eigenvalue weighted by molar-refractivity contribution is 5.87. The molecule has 0 aliphatic heterocycles. The van der Waals surface area contributed by atoms with Crippen molar-refractivity contribution in [3.63, 3.8) is 0 Å². The van der Waals surface area contributed by atoms with Crippen LogP contribution in [-0.2, 0) is 6.54 Å². The van der Waals surface area contributed by atoms with Crippen molar-refractivity contribution in [1.29, 1.82) is 0 Å². The Morgan fingerprint density at radius 3 is 2.58 bits per heavy atom. The second-order valence-corrected chi connectivity index (χ2v) is 3.91. The number of aromatic nitrogens is 1. The number of aromatic carboxylic acids is 1. The Labute approximate surface area is 109 Å². The molecule has 1 N–H and O–H groups in total. The van der Waals surface area contributed by atoms with Crippen molar-refractivity contribution in [2.75, 3.05) is 6.61 Å². The van der Waals surface area contributed by atoms with E-state index in [2.05, 4.69) is 0 Å². The van der Waals surface area contributed by atoms with Gasteiger partial charge in [-0.3, -0.25) is 4.79 Å². The Bertz CT molecular complexity index is 619. The lowest BCUT2D eigenvalue weighted by Crippen LogP contribution is -2.23. The third-order valence-electron chi connectivity index (χ3n) is 2.59. The molecular weight excluding hydrogens is 246 g/mol. The Hall–Kier alpha value is -2.56. The van der Waals surface area contributed by atoms with Gasteiger partial charge in [0.05, 0.1) is 12.1 Å². The van der Waals surface area contributed by atoms with E-state index < -0.39 is 5.97 Å². The van der Waals surface area contributed by atoms with Gasteiger partial charge in [-0.2, -0.15) is 0 Å². The van der Waals surface area contributed by atoms with Gasteiger partial charge in [-0.05, 0) is 18.2 Å². The number of hydrogen-bond acceptors (Lipinski definition) is 3. The van der Waals surface area contributed by atoms with Crippen molar-refractivity contribution in [3.8, 4) is 5.75 Å². The van der Waals surface area contributed by atoms with Crippen molar-refractivity contribution in [1.82, 2.24) is 4.57 Å². The smallest absolute Gasteiger partial charge is 0.335 e. The van der Waals surface area contributed by atoms with Crippen LogP contribution in [0.5, 0.6) is 5.75 Å². The lowest BCUT2D eigenvalue weighted by Gasteiger charge is -2.08. The predicted molar refractivity (Wildman–Crippen MR) is 69.6 cm³/mol. The minimum atomic E-state index is -1.11. The first-order chi connectivity index (χ1) is 9.16. The van der Waals surface area contributed by atoms with Gasteiger partial charge < -0.3 is 14.4 Å². The van der Waals surface area contributed by atoms with Gasteiger partial charge in [-0.25, -0.2) is 4.79 Å².